The zero-order valence-electron chi connectivity index (χ0n) is 16.9. The number of carbonyl (C=O) groups excluding carboxylic acids is 1. The standard InChI is InChI=1S/C21H17F4N7O/c22-12-6-4-11(5-7-12)17-30-18-13-2-1-3-14(21(23,24)25)16(13)29-20(32(18)31-17)28-15-10-26-8-9-27-19(15)33/h1-7,15,26H,8-10H2,(H,27,33)(H,28,29)/t15-/m1/s1. The Morgan fingerprint density at radius 3 is 2.61 bits per heavy atom. The number of benzene rings is 2. The molecule has 170 valence electrons. The molecular formula is C21H17F4N7O. The molecule has 4 aromatic rings. The summed E-state index contributed by atoms with van der Waals surface area (Å²) in [6.07, 6.45) is -4.65. The summed E-state index contributed by atoms with van der Waals surface area (Å²) in [7, 11) is 0. The summed E-state index contributed by atoms with van der Waals surface area (Å²) >= 11 is 0. The molecule has 1 amide bonds. The van der Waals surface area contributed by atoms with Crippen LogP contribution < -0.4 is 16.0 Å². The number of alkyl halides is 3. The van der Waals surface area contributed by atoms with Crippen LogP contribution in [0.1, 0.15) is 5.56 Å². The zero-order valence-corrected chi connectivity index (χ0v) is 16.9. The highest BCUT2D eigenvalue weighted by molar-refractivity contribution is 5.95. The molecule has 1 saturated heterocycles. The van der Waals surface area contributed by atoms with Gasteiger partial charge in [0.2, 0.25) is 11.9 Å². The van der Waals surface area contributed by atoms with E-state index >= 15 is 0 Å². The van der Waals surface area contributed by atoms with Crippen LogP contribution in [0, 0.1) is 5.82 Å². The molecule has 0 saturated carbocycles. The number of hydrogen-bond acceptors (Lipinski definition) is 6. The first-order valence-electron chi connectivity index (χ1n) is 10.1. The van der Waals surface area contributed by atoms with Gasteiger partial charge in [-0.25, -0.2) is 14.4 Å². The number of carbonyl (C=O) groups is 1. The predicted octanol–water partition coefficient (Wildman–Crippen LogP) is 2.60. The molecule has 3 N–H and O–H groups in total. The number of fused-ring (bicyclic) bond motifs is 3. The first-order valence-corrected chi connectivity index (χ1v) is 10.1. The fourth-order valence-electron chi connectivity index (χ4n) is 3.68. The molecule has 3 heterocycles. The van der Waals surface area contributed by atoms with Crippen LogP contribution in [0.15, 0.2) is 42.5 Å². The minimum Gasteiger partial charge on any atom is -0.353 e. The van der Waals surface area contributed by atoms with E-state index < -0.39 is 23.6 Å². The highest BCUT2D eigenvalue weighted by atomic mass is 19.4. The summed E-state index contributed by atoms with van der Waals surface area (Å²) in [4.78, 5) is 21.0. The first kappa shape index (κ1) is 21.1. The van der Waals surface area contributed by atoms with E-state index in [9.17, 15) is 22.4 Å². The Labute approximate surface area is 184 Å². The molecule has 0 radical (unpaired) electrons. The Bertz CT molecular complexity index is 1350. The lowest BCUT2D eigenvalue weighted by atomic mass is 10.1. The number of nitrogens with one attached hydrogen (secondary N) is 3. The third-order valence-electron chi connectivity index (χ3n) is 5.28. The van der Waals surface area contributed by atoms with Crippen molar-refractivity contribution in [1.29, 1.82) is 0 Å². The lowest BCUT2D eigenvalue weighted by Crippen LogP contribution is -2.42. The van der Waals surface area contributed by atoms with Crippen molar-refractivity contribution in [3.8, 4) is 11.4 Å². The van der Waals surface area contributed by atoms with Gasteiger partial charge < -0.3 is 16.0 Å². The normalized spacial score (nSPS) is 17.2. The van der Waals surface area contributed by atoms with Crippen LogP contribution >= 0.6 is 0 Å². The molecule has 8 nitrogen and oxygen atoms in total. The summed E-state index contributed by atoms with van der Waals surface area (Å²) in [5, 5.41) is 13.2. The van der Waals surface area contributed by atoms with Gasteiger partial charge in [0.05, 0.1) is 11.1 Å². The number of rotatable bonds is 3. The van der Waals surface area contributed by atoms with E-state index in [0.717, 1.165) is 6.07 Å². The van der Waals surface area contributed by atoms with Crippen molar-refractivity contribution in [2.45, 2.75) is 12.2 Å². The van der Waals surface area contributed by atoms with E-state index in [0.29, 0.717) is 18.7 Å². The van der Waals surface area contributed by atoms with Crippen LogP contribution in [0.4, 0.5) is 23.5 Å². The minimum atomic E-state index is -4.65. The van der Waals surface area contributed by atoms with E-state index in [1.165, 1.54) is 40.9 Å². The van der Waals surface area contributed by atoms with E-state index in [4.69, 9.17) is 0 Å². The van der Waals surface area contributed by atoms with Crippen molar-refractivity contribution < 1.29 is 22.4 Å². The van der Waals surface area contributed by atoms with Crippen molar-refractivity contribution in [3.63, 3.8) is 0 Å². The van der Waals surface area contributed by atoms with Gasteiger partial charge in [0.15, 0.2) is 11.5 Å². The Morgan fingerprint density at radius 1 is 1.06 bits per heavy atom. The summed E-state index contributed by atoms with van der Waals surface area (Å²) in [6, 6.07) is 8.30. The van der Waals surface area contributed by atoms with Crippen molar-refractivity contribution in [1.82, 2.24) is 30.2 Å². The Hall–Kier alpha value is -3.80. The highest BCUT2D eigenvalue weighted by Gasteiger charge is 2.34. The Kier molecular flexibility index (Phi) is 5.08. The second-order valence-electron chi connectivity index (χ2n) is 7.50. The van der Waals surface area contributed by atoms with Gasteiger partial charge in [0, 0.05) is 30.6 Å². The molecule has 0 unspecified atom stereocenters. The number of anilines is 1. The van der Waals surface area contributed by atoms with E-state index in [1.54, 1.807) is 0 Å². The topological polar surface area (TPSA) is 96.2 Å². The molecule has 5 rings (SSSR count). The number of hydrogen-bond donors (Lipinski definition) is 3. The summed E-state index contributed by atoms with van der Waals surface area (Å²) in [5.74, 6) is -0.663. The fraction of sp³-hybridized carbons (Fsp3) is 0.238. The maximum absolute atomic E-state index is 13.7. The molecule has 2 aromatic heterocycles. The quantitative estimate of drug-likeness (QED) is 0.408. The van der Waals surface area contributed by atoms with Gasteiger partial charge in [-0.1, -0.05) is 6.07 Å². The molecule has 0 aliphatic carbocycles. The Balaban J connectivity index is 1.73. The smallest absolute Gasteiger partial charge is 0.353 e. The van der Waals surface area contributed by atoms with Gasteiger partial charge in [-0.05, 0) is 36.4 Å². The molecule has 1 atom stereocenters. The number of amides is 1. The monoisotopic (exact) mass is 459 g/mol. The lowest BCUT2D eigenvalue weighted by Gasteiger charge is -2.17. The maximum atomic E-state index is 13.7. The van der Waals surface area contributed by atoms with Crippen LogP contribution in [0.25, 0.3) is 27.9 Å². The molecule has 1 aliphatic heterocycles. The van der Waals surface area contributed by atoms with Gasteiger partial charge in [0.25, 0.3) is 0 Å². The highest BCUT2D eigenvalue weighted by Crippen LogP contribution is 2.36. The predicted molar refractivity (Wildman–Crippen MR) is 112 cm³/mol. The average Bonchev–Trinajstić information content (AvgIpc) is 3.13. The first-order chi connectivity index (χ1) is 15.8. The molecule has 33 heavy (non-hydrogen) atoms. The van der Waals surface area contributed by atoms with Crippen molar-refractivity contribution in [2.75, 3.05) is 25.0 Å². The van der Waals surface area contributed by atoms with Crippen molar-refractivity contribution in [2.24, 2.45) is 0 Å². The second kappa shape index (κ2) is 7.96. The number of nitrogens with zero attached hydrogens (tertiary/aromatic N) is 4. The second-order valence-corrected chi connectivity index (χ2v) is 7.50. The van der Waals surface area contributed by atoms with Gasteiger partial charge in [-0.15, -0.1) is 5.10 Å². The number of para-hydroxylation sites is 1. The molecule has 0 bridgehead atoms. The van der Waals surface area contributed by atoms with Crippen LogP contribution in [0.5, 0.6) is 0 Å². The molecular weight excluding hydrogens is 442 g/mol. The van der Waals surface area contributed by atoms with Gasteiger partial charge in [0.1, 0.15) is 11.9 Å². The molecule has 1 fully saturated rings. The zero-order chi connectivity index (χ0) is 23.2. The largest absolute Gasteiger partial charge is 0.418 e. The number of halogens is 4. The van der Waals surface area contributed by atoms with Crippen LogP contribution in [-0.4, -0.2) is 51.2 Å². The van der Waals surface area contributed by atoms with Crippen molar-refractivity contribution in [3.05, 3.63) is 53.8 Å². The minimum absolute atomic E-state index is 0.0705. The fourth-order valence-corrected chi connectivity index (χ4v) is 3.68. The summed E-state index contributed by atoms with van der Waals surface area (Å²) in [5.41, 5.74) is -0.657. The third kappa shape index (κ3) is 3.93. The summed E-state index contributed by atoms with van der Waals surface area (Å²) < 4.78 is 55.8. The lowest BCUT2D eigenvalue weighted by molar-refractivity contribution is -0.136. The van der Waals surface area contributed by atoms with E-state index in [2.05, 4.69) is 31.0 Å². The van der Waals surface area contributed by atoms with Crippen molar-refractivity contribution >= 4 is 28.4 Å². The van der Waals surface area contributed by atoms with Crippen LogP contribution in [0.2, 0.25) is 0 Å². The molecule has 1 aliphatic rings. The van der Waals surface area contributed by atoms with Gasteiger partial charge >= 0.3 is 6.18 Å². The van der Waals surface area contributed by atoms with Gasteiger partial charge in [-0.3, -0.25) is 4.79 Å². The SMILES string of the molecule is O=C1NCCNC[C@H]1Nc1nc2c(C(F)(F)F)cccc2c2nc(-c3ccc(F)cc3)nn12. The van der Waals surface area contributed by atoms with E-state index in [-0.39, 0.29) is 40.8 Å². The van der Waals surface area contributed by atoms with Crippen LogP contribution in [0.3, 0.4) is 0 Å². The van der Waals surface area contributed by atoms with Gasteiger partial charge in [-0.2, -0.15) is 17.7 Å². The molecule has 0 spiro atoms. The third-order valence-corrected chi connectivity index (χ3v) is 5.28. The summed E-state index contributed by atoms with van der Waals surface area (Å²) in [6.45, 7) is 1.22. The number of aromatic nitrogens is 4. The molecule has 12 heteroatoms. The van der Waals surface area contributed by atoms with Crippen LogP contribution in [-0.2, 0) is 11.0 Å². The Morgan fingerprint density at radius 2 is 1.85 bits per heavy atom. The maximum Gasteiger partial charge on any atom is 0.418 e. The molecule has 2 aromatic carbocycles. The van der Waals surface area contributed by atoms with E-state index in [1.807, 2.05) is 0 Å². The average molecular weight is 459 g/mol.